The van der Waals surface area contributed by atoms with Crippen molar-refractivity contribution in [3.05, 3.63) is 224 Å². The molecule has 0 aliphatic carbocycles. The third-order valence-electron chi connectivity index (χ3n) is 16.8. The summed E-state index contributed by atoms with van der Waals surface area (Å²) in [5, 5.41) is 6.97. The summed E-state index contributed by atoms with van der Waals surface area (Å²) in [6.45, 7) is -0.265. The molecule has 6 heterocycles. The molecule has 12 aromatic carbocycles. The van der Waals surface area contributed by atoms with Crippen LogP contribution in [0.3, 0.4) is 0 Å². The van der Waals surface area contributed by atoms with Gasteiger partial charge in [-0.15, -0.1) is 0 Å². The van der Waals surface area contributed by atoms with E-state index in [4.69, 9.17) is 18.9 Å². The molecule has 0 saturated heterocycles. The molecule has 344 valence electrons. The molecule has 0 amide bonds. The van der Waals surface area contributed by atoms with Gasteiger partial charge < -0.3 is 28.7 Å². The number of nitrogens with zero attached hydrogens (tertiary/aromatic N) is 2. The number of anilines is 6. The van der Waals surface area contributed by atoms with E-state index in [1.165, 1.54) is 38.0 Å². The van der Waals surface area contributed by atoms with E-state index >= 15 is 0 Å². The Morgan fingerprint density at radius 1 is 0.227 bits per heavy atom. The molecule has 9 heteroatoms. The number of para-hydroxylation sites is 5. The Bertz CT molecular complexity index is 4550. The molecule has 0 bridgehead atoms. The Labute approximate surface area is 432 Å². The van der Waals surface area contributed by atoms with Crippen LogP contribution in [0.15, 0.2) is 224 Å². The van der Waals surface area contributed by atoms with Gasteiger partial charge in [-0.05, 0) is 173 Å². The van der Waals surface area contributed by atoms with Gasteiger partial charge in [0, 0.05) is 39.6 Å². The number of ether oxygens (including phenoxy) is 4. The van der Waals surface area contributed by atoms with Crippen LogP contribution in [0, 0.1) is 0 Å². The summed E-state index contributed by atoms with van der Waals surface area (Å²) in [7, 11) is 0. The molecule has 0 aromatic heterocycles. The van der Waals surface area contributed by atoms with Gasteiger partial charge in [0.15, 0.2) is 0 Å². The molecule has 6 aliphatic heterocycles. The first-order valence-electron chi connectivity index (χ1n) is 25.8. The van der Waals surface area contributed by atoms with Crippen molar-refractivity contribution in [3.63, 3.8) is 0 Å². The molecule has 6 nitrogen and oxygen atoms in total. The Balaban J connectivity index is 1.01. The van der Waals surface area contributed by atoms with Crippen LogP contribution in [0.25, 0.3) is 32.3 Å². The average molecular weight is 954 g/mol. The molecule has 6 aliphatic rings. The van der Waals surface area contributed by atoms with E-state index in [1.807, 2.05) is 6.07 Å². The van der Waals surface area contributed by atoms with Gasteiger partial charge in [0.2, 0.25) is 0 Å². The van der Waals surface area contributed by atoms with Crippen LogP contribution in [0.4, 0.5) is 34.1 Å². The number of hydrogen-bond acceptors (Lipinski definition) is 6. The zero-order valence-corrected chi connectivity index (χ0v) is 40.1. The van der Waals surface area contributed by atoms with Gasteiger partial charge in [-0.25, -0.2) is 0 Å². The summed E-state index contributed by atoms with van der Waals surface area (Å²) >= 11 is 0. The minimum absolute atomic E-state index is 0.0829. The van der Waals surface area contributed by atoms with Crippen LogP contribution in [0.5, 0.6) is 46.0 Å². The largest absolute Gasteiger partial charge is 0.458 e. The summed E-state index contributed by atoms with van der Waals surface area (Å²) in [4.78, 5) is 4.91. The second kappa shape index (κ2) is 14.6. The summed E-state index contributed by atoms with van der Waals surface area (Å²) in [6.07, 6.45) is 0. The number of rotatable bonds is 2. The van der Waals surface area contributed by atoms with E-state index in [0.29, 0.717) is 0 Å². The van der Waals surface area contributed by atoms with Gasteiger partial charge in [-0.1, -0.05) is 127 Å². The molecular formula is C66H37B3N2O4. The van der Waals surface area contributed by atoms with Crippen molar-refractivity contribution in [1.82, 2.24) is 0 Å². The SMILES string of the molecule is c1ccc(N2c3cc4c5cc6c(cc5c5cc7c(cc5c4cc3B3c4ccccc4Oc4cccc2c43)B2c3ccccc3Oc3cccc(c32)N7c2ccccc2)B2c3ccccc3Oc3cccc(c32)O6)cc1. The normalized spacial score (nSPS) is 14.2. The lowest BCUT2D eigenvalue weighted by atomic mass is 9.33. The molecule has 0 fully saturated rings. The molecule has 0 radical (unpaired) electrons. The van der Waals surface area contributed by atoms with Crippen LogP contribution in [-0.2, 0) is 0 Å². The number of hydrogen-bond donors (Lipinski definition) is 0. The number of fused-ring (bicyclic) bond motifs is 18. The van der Waals surface area contributed by atoms with E-state index in [2.05, 4.69) is 228 Å². The maximum atomic E-state index is 7.11. The van der Waals surface area contributed by atoms with E-state index in [-0.39, 0.29) is 20.1 Å². The van der Waals surface area contributed by atoms with Crippen molar-refractivity contribution in [2.24, 2.45) is 0 Å². The van der Waals surface area contributed by atoms with Crippen molar-refractivity contribution in [2.45, 2.75) is 0 Å². The lowest BCUT2D eigenvalue weighted by Gasteiger charge is -2.41. The van der Waals surface area contributed by atoms with Crippen molar-refractivity contribution in [1.29, 1.82) is 0 Å². The van der Waals surface area contributed by atoms with Gasteiger partial charge >= 0.3 is 0 Å². The van der Waals surface area contributed by atoms with E-state index < -0.39 is 0 Å². The van der Waals surface area contributed by atoms with Gasteiger partial charge in [0.1, 0.15) is 46.0 Å². The summed E-state index contributed by atoms with van der Waals surface area (Å²) in [5.41, 5.74) is 17.1. The Morgan fingerprint density at radius 3 is 1.03 bits per heavy atom. The molecular weight excluding hydrogens is 917 g/mol. The fourth-order valence-electron chi connectivity index (χ4n) is 13.8. The molecule has 0 unspecified atom stereocenters. The van der Waals surface area contributed by atoms with Crippen molar-refractivity contribution < 1.29 is 18.9 Å². The highest BCUT2D eigenvalue weighted by Crippen LogP contribution is 2.48. The first-order valence-corrected chi connectivity index (χ1v) is 25.8. The minimum atomic E-state index is -0.0982. The highest BCUT2D eigenvalue weighted by molar-refractivity contribution is 7.01. The third-order valence-corrected chi connectivity index (χ3v) is 16.8. The summed E-state index contributed by atoms with van der Waals surface area (Å²) in [5.74, 6) is 6.93. The van der Waals surface area contributed by atoms with Gasteiger partial charge in [-0.3, -0.25) is 0 Å². The van der Waals surface area contributed by atoms with Crippen molar-refractivity contribution in [2.75, 3.05) is 9.80 Å². The second-order valence-corrected chi connectivity index (χ2v) is 20.6. The standard InChI is InChI=1S/C66H37B3N2O4/c1-3-16-38(17-4-1)70-52-23-13-28-59-64(52)67(46-20-7-10-25-56(46)72-59)49-32-40-41-33-50-55(71(39-18-5-2-6-19-39)53-24-14-29-60-65(53)68(50)47-21-8-11-26-57(47)73-60)36-44(41)45-37-63-51(34-42(45)43(40)35-54(49)70)69-48-22-9-12-27-58(48)74-61-30-15-31-62(75-63)66(61)69/h1-37H. The van der Waals surface area contributed by atoms with Crippen LogP contribution < -0.4 is 77.9 Å². The lowest BCUT2D eigenvalue weighted by molar-refractivity contribution is 0.465. The third kappa shape index (κ3) is 5.31. The van der Waals surface area contributed by atoms with Crippen LogP contribution in [-0.4, -0.2) is 20.1 Å². The monoisotopic (exact) mass is 954 g/mol. The van der Waals surface area contributed by atoms with E-state index in [0.717, 1.165) is 124 Å². The predicted molar refractivity (Wildman–Crippen MR) is 308 cm³/mol. The first-order chi connectivity index (χ1) is 37.2. The first kappa shape index (κ1) is 40.0. The quantitative estimate of drug-likeness (QED) is 0.127. The fraction of sp³-hybridized carbons (Fsp3) is 0. The zero-order valence-electron chi connectivity index (χ0n) is 40.1. The number of benzene rings is 12. The van der Waals surface area contributed by atoms with Gasteiger partial charge in [-0.2, -0.15) is 0 Å². The minimum Gasteiger partial charge on any atom is -0.458 e. The molecule has 75 heavy (non-hydrogen) atoms. The van der Waals surface area contributed by atoms with Crippen LogP contribution in [0.1, 0.15) is 0 Å². The smallest absolute Gasteiger partial charge is 0.260 e. The van der Waals surface area contributed by atoms with Crippen molar-refractivity contribution in [3.8, 4) is 46.0 Å². The highest BCUT2D eigenvalue weighted by atomic mass is 16.5. The fourth-order valence-corrected chi connectivity index (χ4v) is 13.8. The van der Waals surface area contributed by atoms with Gasteiger partial charge in [0.25, 0.3) is 20.1 Å². The van der Waals surface area contributed by atoms with Crippen LogP contribution in [0.2, 0.25) is 0 Å². The highest BCUT2D eigenvalue weighted by Gasteiger charge is 2.45. The Hall–Kier alpha value is -9.59. The molecule has 12 aromatic rings. The maximum absolute atomic E-state index is 7.11. The summed E-state index contributed by atoms with van der Waals surface area (Å²) < 4.78 is 27.4. The van der Waals surface area contributed by atoms with Gasteiger partial charge in [0.05, 0.1) is 0 Å². The zero-order chi connectivity index (χ0) is 48.6. The molecule has 0 spiro atoms. The van der Waals surface area contributed by atoms with E-state index in [9.17, 15) is 0 Å². The Kier molecular flexibility index (Phi) is 7.75. The predicted octanol–water partition coefficient (Wildman–Crippen LogP) is 10.7. The Morgan fingerprint density at radius 2 is 0.560 bits per heavy atom. The molecule has 0 saturated carbocycles. The molecule has 0 N–H and O–H groups in total. The average Bonchev–Trinajstić information content (AvgIpc) is 3.47. The van der Waals surface area contributed by atoms with Crippen LogP contribution >= 0.6 is 0 Å². The molecule has 0 atom stereocenters. The maximum Gasteiger partial charge on any atom is 0.260 e. The second-order valence-electron chi connectivity index (χ2n) is 20.6. The van der Waals surface area contributed by atoms with E-state index in [1.54, 1.807) is 0 Å². The topological polar surface area (TPSA) is 43.4 Å². The molecule has 18 rings (SSSR count). The summed E-state index contributed by atoms with van der Waals surface area (Å²) in [6, 6.07) is 81.3. The lowest BCUT2D eigenvalue weighted by Crippen LogP contribution is -2.59. The van der Waals surface area contributed by atoms with Crippen molar-refractivity contribution >= 4 is 136 Å².